The third-order valence-corrected chi connectivity index (χ3v) is 4.81. The van der Waals surface area contributed by atoms with E-state index >= 15 is 0 Å². The lowest BCUT2D eigenvalue weighted by Gasteiger charge is -2.37. The van der Waals surface area contributed by atoms with E-state index in [-0.39, 0.29) is 0 Å². The normalized spacial score (nSPS) is 23.9. The van der Waals surface area contributed by atoms with Crippen LogP contribution in [0.25, 0.3) is 0 Å². The van der Waals surface area contributed by atoms with E-state index in [1.807, 2.05) is 6.20 Å². The number of carbonyl (C=O) groups excluding carboxylic acids is 1. The van der Waals surface area contributed by atoms with Crippen molar-refractivity contribution in [2.45, 2.75) is 57.9 Å². The van der Waals surface area contributed by atoms with Crippen molar-refractivity contribution < 1.29 is 4.79 Å². The summed E-state index contributed by atoms with van der Waals surface area (Å²) in [7, 11) is 0. The van der Waals surface area contributed by atoms with Crippen LogP contribution < -0.4 is 0 Å². The van der Waals surface area contributed by atoms with E-state index in [0.717, 1.165) is 44.6 Å². The number of imidazole rings is 1. The van der Waals surface area contributed by atoms with Gasteiger partial charge in [-0.15, -0.1) is 0 Å². The Morgan fingerprint density at radius 2 is 2.10 bits per heavy atom. The number of likely N-dealkylation sites (tertiary alicyclic amines) is 1. The van der Waals surface area contributed by atoms with Crippen LogP contribution in [0.1, 0.15) is 63.7 Å². The molecule has 0 bridgehead atoms. The topological polar surface area (TPSA) is 38.1 Å². The summed E-state index contributed by atoms with van der Waals surface area (Å²) < 4.78 is 2.25. The Bertz CT molecular complexity index is 476. The molecule has 1 aliphatic carbocycles. The molecule has 1 saturated carbocycles. The average molecular weight is 275 g/mol. The molecule has 0 aromatic carbocycles. The Balaban J connectivity index is 1.71. The predicted octanol–water partition coefficient (Wildman–Crippen LogP) is 2.97. The number of hydrogen-bond acceptors (Lipinski definition) is 2. The summed E-state index contributed by atoms with van der Waals surface area (Å²) in [6, 6.07) is 0.435. The highest BCUT2D eigenvalue weighted by atomic mass is 16.2. The SMILES string of the molecule is CC(C)n1ccnc1C1CCCN(C(=O)C2CCC2)C1. The average Bonchev–Trinajstić information content (AvgIpc) is 2.86. The second-order valence-electron chi connectivity index (χ2n) is 6.54. The van der Waals surface area contributed by atoms with Gasteiger partial charge in [0.25, 0.3) is 0 Å². The molecule has 2 fully saturated rings. The van der Waals surface area contributed by atoms with Crippen molar-refractivity contribution in [1.82, 2.24) is 14.5 Å². The summed E-state index contributed by atoms with van der Waals surface area (Å²) >= 11 is 0. The molecule has 1 saturated heterocycles. The van der Waals surface area contributed by atoms with Crippen molar-refractivity contribution in [2.24, 2.45) is 5.92 Å². The summed E-state index contributed by atoms with van der Waals surface area (Å²) in [6.07, 6.45) is 9.63. The predicted molar refractivity (Wildman–Crippen MR) is 78.5 cm³/mol. The molecular formula is C16H25N3O. The van der Waals surface area contributed by atoms with Gasteiger partial charge in [-0.25, -0.2) is 4.98 Å². The zero-order valence-corrected chi connectivity index (χ0v) is 12.6. The van der Waals surface area contributed by atoms with E-state index in [9.17, 15) is 4.79 Å². The van der Waals surface area contributed by atoms with Crippen LogP contribution >= 0.6 is 0 Å². The second-order valence-corrected chi connectivity index (χ2v) is 6.54. The van der Waals surface area contributed by atoms with E-state index in [1.54, 1.807) is 0 Å². The van der Waals surface area contributed by atoms with E-state index in [4.69, 9.17) is 0 Å². The molecule has 2 heterocycles. The maximum atomic E-state index is 12.4. The van der Waals surface area contributed by atoms with Gasteiger partial charge in [-0.2, -0.15) is 0 Å². The second kappa shape index (κ2) is 5.58. The largest absolute Gasteiger partial charge is 0.342 e. The summed E-state index contributed by atoms with van der Waals surface area (Å²) in [5, 5.41) is 0. The zero-order valence-electron chi connectivity index (χ0n) is 12.6. The molecular weight excluding hydrogens is 250 g/mol. The first-order valence-corrected chi connectivity index (χ1v) is 7.98. The smallest absolute Gasteiger partial charge is 0.225 e. The van der Waals surface area contributed by atoms with Gasteiger partial charge in [0, 0.05) is 43.4 Å². The first-order chi connectivity index (χ1) is 9.66. The molecule has 0 spiro atoms. The lowest BCUT2D eigenvalue weighted by molar-refractivity contribution is -0.139. The fourth-order valence-corrected chi connectivity index (χ4v) is 3.38. The van der Waals surface area contributed by atoms with Crippen molar-refractivity contribution in [3.8, 4) is 0 Å². The quantitative estimate of drug-likeness (QED) is 0.850. The molecule has 4 nitrogen and oxygen atoms in total. The van der Waals surface area contributed by atoms with Gasteiger partial charge in [0.15, 0.2) is 0 Å². The maximum absolute atomic E-state index is 12.4. The van der Waals surface area contributed by atoms with Crippen LogP contribution in [-0.2, 0) is 4.79 Å². The molecule has 1 atom stereocenters. The van der Waals surface area contributed by atoms with Gasteiger partial charge in [-0.1, -0.05) is 6.42 Å². The standard InChI is InChI=1S/C16H25N3O/c1-12(2)19-10-8-17-15(19)14-7-4-9-18(11-14)16(20)13-5-3-6-13/h8,10,12-14H,3-7,9,11H2,1-2H3. The summed E-state index contributed by atoms with van der Waals surface area (Å²) in [5.41, 5.74) is 0. The third kappa shape index (κ3) is 2.48. The molecule has 1 aliphatic heterocycles. The highest BCUT2D eigenvalue weighted by molar-refractivity contribution is 5.79. The number of hydrogen-bond donors (Lipinski definition) is 0. The molecule has 0 radical (unpaired) electrons. The molecule has 20 heavy (non-hydrogen) atoms. The van der Waals surface area contributed by atoms with Crippen LogP contribution in [0.4, 0.5) is 0 Å². The van der Waals surface area contributed by atoms with Crippen LogP contribution in [0.5, 0.6) is 0 Å². The summed E-state index contributed by atoms with van der Waals surface area (Å²) in [5.74, 6) is 2.28. The molecule has 0 N–H and O–H groups in total. The minimum Gasteiger partial charge on any atom is -0.342 e. The Hall–Kier alpha value is -1.32. The van der Waals surface area contributed by atoms with E-state index in [2.05, 4.69) is 34.5 Å². The van der Waals surface area contributed by atoms with Crippen LogP contribution in [0.15, 0.2) is 12.4 Å². The number of nitrogens with zero attached hydrogens (tertiary/aromatic N) is 3. The zero-order chi connectivity index (χ0) is 14.1. The molecule has 2 aliphatic rings. The first kappa shape index (κ1) is 13.7. The van der Waals surface area contributed by atoms with Crippen molar-refractivity contribution in [2.75, 3.05) is 13.1 Å². The number of rotatable bonds is 3. The molecule has 4 heteroatoms. The Labute approximate surface area is 121 Å². The van der Waals surface area contributed by atoms with Crippen LogP contribution in [0, 0.1) is 5.92 Å². The van der Waals surface area contributed by atoms with Crippen LogP contribution in [0.2, 0.25) is 0 Å². The van der Waals surface area contributed by atoms with Gasteiger partial charge in [0.2, 0.25) is 5.91 Å². The highest BCUT2D eigenvalue weighted by Crippen LogP contribution is 2.32. The number of aromatic nitrogens is 2. The molecule has 3 rings (SSSR count). The third-order valence-electron chi connectivity index (χ3n) is 4.81. The van der Waals surface area contributed by atoms with Gasteiger partial charge in [-0.3, -0.25) is 4.79 Å². The Morgan fingerprint density at radius 3 is 2.75 bits per heavy atom. The lowest BCUT2D eigenvalue weighted by Crippen LogP contribution is -2.44. The van der Waals surface area contributed by atoms with Crippen LogP contribution in [-0.4, -0.2) is 33.4 Å². The summed E-state index contributed by atoms with van der Waals surface area (Å²) in [4.78, 5) is 19.1. The van der Waals surface area contributed by atoms with Crippen molar-refractivity contribution >= 4 is 5.91 Å². The van der Waals surface area contributed by atoms with Crippen molar-refractivity contribution in [1.29, 1.82) is 0 Å². The van der Waals surface area contributed by atoms with Gasteiger partial charge in [-0.05, 0) is 39.5 Å². The van der Waals surface area contributed by atoms with E-state index < -0.39 is 0 Å². The van der Waals surface area contributed by atoms with Crippen molar-refractivity contribution in [3.05, 3.63) is 18.2 Å². The minimum atomic E-state index is 0.318. The monoisotopic (exact) mass is 275 g/mol. The fourth-order valence-electron chi connectivity index (χ4n) is 3.38. The molecule has 1 aromatic rings. The van der Waals surface area contributed by atoms with Gasteiger partial charge in [0.05, 0.1) is 0 Å². The molecule has 1 amide bonds. The minimum absolute atomic E-state index is 0.318. The molecule has 1 aromatic heterocycles. The van der Waals surface area contributed by atoms with E-state index in [0.29, 0.717) is 23.8 Å². The van der Waals surface area contributed by atoms with Gasteiger partial charge < -0.3 is 9.47 Å². The molecule has 110 valence electrons. The number of carbonyl (C=O) groups is 1. The van der Waals surface area contributed by atoms with Crippen molar-refractivity contribution in [3.63, 3.8) is 0 Å². The van der Waals surface area contributed by atoms with Gasteiger partial charge in [0.1, 0.15) is 5.82 Å². The van der Waals surface area contributed by atoms with E-state index in [1.165, 1.54) is 6.42 Å². The Morgan fingerprint density at radius 1 is 1.30 bits per heavy atom. The Kier molecular flexibility index (Phi) is 3.81. The van der Waals surface area contributed by atoms with Gasteiger partial charge >= 0.3 is 0 Å². The number of amides is 1. The number of piperidine rings is 1. The lowest BCUT2D eigenvalue weighted by atomic mass is 9.83. The highest BCUT2D eigenvalue weighted by Gasteiger charge is 2.33. The maximum Gasteiger partial charge on any atom is 0.225 e. The summed E-state index contributed by atoms with van der Waals surface area (Å²) in [6.45, 7) is 6.17. The van der Waals surface area contributed by atoms with Crippen LogP contribution in [0.3, 0.4) is 0 Å². The fraction of sp³-hybridized carbons (Fsp3) is 0.750. The first-order valence-electron chi connectivity index (χ1n) is 7.98. The molecule has 1 unspecified atom stereocenters.